The maximum atomic E-state index is 12.3. The standard InChI is InChI=1S/C22H21N5O3/c28-21(25-14-17-8-4-5-10-23-17)26-20-13-18(9-11-24-20)27-15-19(30-22(27)29)12-16-6-2-1-3-7-16/h1-11,13,19H,12,14-15H2,(H2,24,25,26,28). The molecule has 4 rings (SSSR count). The molecule has 0 aliphatic carbocycles. The van der Waals surface area contributed by atoms with E-state index < -0.39 is 12.1 Å². The molecule has 0 radical (unpaired) electrons. The predicted molar refractivity (Wildman–Crippen MR) is 112 cm³/mol. The van der Waals surface area contributed by atoms with Crippen LogP contribution in [-0.2, 0) is 17.7 Å². The summed E-state index contributed by atoms with van der Waals surface area (Å²) in [4.78, 5) is 34.3. The third kappa shape index (κ3) is 4.91. The molecule has 1 fully saturated rings. The molecule has 1 saturated heterocycles. The van der Waals surface area contributed by atoms with Gasteiger partial charge in [-0.15, -0.1) is 0 Å². The van der Waals surface area contributed by atoms with Crippen molar-refractivity contribution in [1.29, 1.82) is 0 Å². The van der Waals surface area contributed by atoms with Crippen molar-refractivity contribution in [3.05, 3.63) is 84.3 Å². The number of hydrogen-bond acceptors (Lipinski definition) is 5. The summed E-state index contributed by atoms with van der Waals surface area (Å²) in [6, 6.07) is 18.3. The van der Waals surface area contributed by atoms with E-state index in [0.717, 1.165) is 11.3 Å². The van der Waals surface area contributed by atoms with E-state index in [0.29, 0.717) is 31.0 Å². The van der Waals surface area contributed by atoms with Crippen LogP contribution in [0.4, 0.5) is 21.1 Å². The molecule has 1 aliphatic rings. The van der Waals surface area contributed by atoms with Crippen LogP contribution in [0.2, 0.25) is 0 Å². The fourth-order valence-corrected chi connectivity index (χ4v) is 3.21. The van der Waals surface area contributed by atoms with Crippen LogP contribution >= 0.6 is 0 Å². The summed E-state index contributed by atoms with van der Waals surface area (Å²) in [6.07, 6.45) is 3.22. The van der Waals surface area contributed by atoms with Gasteiger partial charge in [0.05, 0.1) is 24.5 Å². The Hall–Kier alpha value is -3.94. The lowest BCUT2D eigenvalue weighted by Gasteiger charge is -2.14. The Labute approximate surface area is 173 Å². The monoisotopic (exact) mass is 403 g/mol. The minimum absolute atomic E-state index is 0.230. The van der Waals surface area contributed by atoms with Gasteiger partial charge in [0.2, 0.25) is 0 Å². The number of benzene rings is 1. The Balaban J connectivity index is 1.35. The second-order valence-corrected chi connectivity index (χ2v) is 6.83. The van der Waals surface area contributed by atoms with Crippen molar-refractivity contribution in [2.45, 2.75) is 19.1 Å². The summed E-state index contributed by atoms with van der Waals surface area (Å²) < 4.78 is 5.50. The fraction of sp³-hybridized carbons (Fsp3) is 0.182. The maximum absolute atomic E-state index is 12.3. The van der Waals surface area contributed by atoms with Crippen LogP contribution < -0.4 is 15.5 Å². The first-order valence-corrected chi connectivity index (χ1v) is 9.60. The van der Waals surface area contributed by atoms with Crippen LogP contribution in [0.15, 0.2) is 73.1 Å². The highest BCUT2D eigenvalue weighted by atomic mass is 16.6. The van der Waals surface area contributed by atoms with E-state index in [2.05, 4.69) is 20.6 Å². The number of aromatic nitrogens is 2. The molecule has 0 bridgehead atoms. The molecule has 1 aromatic carbocycles. The fourth-order valence-electron chi connectivity index (χ4n) is 3.21. The van der Waals surface area contributed by atoms with Gasteiger partial charge >= 0.3 is 12.1 Å². The van der Waals surface area contributed by atoms with Gasteiger partial charge < -0.3 is 10.1 Å². The quantitative estimate of drug-likeness (QED) is 0.658. The number of hydrogen-bond donors (Lipinski definition) is 2. The van der Waals surface area contributed by atoms with Gasteiger partial charge in [0.1, 0.15) is 11.9 Å². The Morgan fingerprint density at radius 2 is 1.90 bits per heavy atom. The van der Waals surface area contributed by atoms with Crippen LogP contribution in [0.25, 0.3) is 0 Å². The molecule has 0 saturated carbocycles. The number of amides is 3. The number of cyclic esters (lactones) is 1. The number of rotatable bonds is 6. The van der Waals surface area contributed by atoms with Crippen LogP contribution in [0, 0.1) is 0 Å². The zero-order chi connectivity index (χ0) is 20.8. The third-order valence-electron chi connectivity index (χ3n) is 4.63. The third-order valence-corrected chi connectivity index (χ3v) is 4.63. The highest BCUT2D eigenvalue weighted by Gasteiger charge is 2.32. The number of carbonyl (C=O) groups excluding carboxylic acids is 2. The zero-order valence-electron chi connectivity index (χ0n) is 16.2. The lowest BCUT2D eigenvalue weighted by Crippen LogP contribution is -2.29. The van der Waals surface area contributed by atoms with Crippen molar-refractivity contribution >= 4 is 23.6 Å². The number of nitrogens with zero attached hydrogens (tertiary/aromatic N) is 3. The first kappa shape index (κ1) is 19.4. The molecule has 2 aromatic heterocycles. The normalized spacial score (nSPS) is 15.5. The van der Waals surface area contributed by atoms with Crippen LogP contribution in [-0.4, -0.2) is 34.7 Å². The van der Waals surface area contributed by atoms with Crippen molar-refractivity contribution < 1.29 is 14.3 Å². The molecule has 2 N–H and O–H groups in total. The molecule has 8 heteroatoms. The Kier molecular flexibility index (Phi) is 5.84. The van der Waals surface area contributed by atoms with E-state index in [1.807, 2.05) is 48.5 Å². The molecular formula is C22H21N5O3. The molecule has 8 nitrogen and oxygen atoms in total. The average Bonchev–Trinajstić information content (AvgIpc) is 3.14. The summed E-state index contributed by atoms with van der Waals surface area (Å²) in [7, 11) is 0. The lowest BCUT2D eigenvalue weighted by molar-refractivity contribution is 0.141. The molecule has 3 amide bonds. The highest BCUT2D eigenvalue weighted by molar-refractivity contribution is 5.92. The number of pyridine rings is 2. The second kappa shape index (κ2) is 9.04. The van der Waals surface area contributed by atoms with Crippen LogP contribution in [0.1, 0.15) is 11.3 Å². The molecule has 3 aromatic rings. The molecule has 1 aliphatic heterocycles. The van der Waals surface area contributed by atoms with Gasteiger partial charge in [0.15, 0.2) is 0 Å². The van der Waals surface area contributed by atoms with Gasteiger partial charge in [-0.25, -0.2) is 14.6 Å². The molecule has 30 heavy (non-hydrogen) atoms. The van der Waals surface area contributed by atoms with Gasteiger partial charge in [-0.3, -0.25) is 15.2 Å². The SMILES string of the molecule is O=C(NCc1ccccn1)Nc1cc(N2CC(Cc3ccccc3)OC2=O)ccn1. The molecule has 152 valence electrons. The summed E-state index contributed by atoms with van der Waals surface area (Å²) in [5, 5.41) is 5.40. The summed E-state index contributed by atoms with van der Waals surface area (Å²) in [5.74, 6) is 0.338. The number of carbonyl (C=O) groups is 2. The Morgan fingerprint density at radius 1 is 1.07 bits per heavy atom. The van der Waals surface area contributed by atoms with E-state index in [9.17, 15) is 9.59 Å². The highest BCUT2D eigenvalue weighted by Crippen LogP contribution is 2.24. The van der Waals surface area contributed by atoms with E-state index in [1.54, 1.807) is 29.4 Å². The van der Waals surface area contributed by atoms with Crippen LogP contribution in [0.5, 0.6) is 0 Å². The second-order valence-electron chi connectivity index (χ2n) is 6.83. The van der Waals surface area contributed by atoms with Gasteiger partial charge in [0.25, 0.3) is 0 Å². The lowest BCUT2D eigenvalue weighted by atomic mass is 10.1. The number of anilines is 2. The van der Waals surface area contributed by atoms with E-state index >= 15 is 0 Å². The largest absolute Gasteiger partial charge is 0.444 e. The Bertz CT molecular complexity index is 1010. The van der Waals surface area contributed by atoms with E-state index in [1.165, 1.54) is 0 Å². The van der Waals surface area contributed by atoms with Crippen molar-refractivity contribution in [2.24, 2.45) is 0 Å². The minimum atomic E-state index is -0.410. The number of ether oxygens (including phenoxy) is 1. The van der Waals surface area contributed by atoms with Crippen molar-refractivity contribution in [1.82, 2.24) is 15.3 Å². The number of nitrogens with one attached hydrogen (secondary N) is 2. The van der Waals surface area contributed by atoms with Gasteiger partial charge in [-0.05, 0) is 23.8 Å². The van der Waals surface area contributed by atoms with Gasteiger partial charge in [0, 0.05) is 24.9 Å². The number of urea groups is 1. The smallest absolute Gasteiger partial charge is 0.414 e. The predicted octanol–water partition coefficient (Wildman–Crippen LogP) is 3.37. The summed E-state index contributed by atoms with van der Waals surface area (Å²) in [5.41, 5.74) is 2.48. The molecule has 3 heterocycles. The van der Waals surface area contributed by atoms with Crippen molar-refractivity contribution in [3.8, 4) is 0 Å². The van der Waals surface area contributed by atoms with Gasteiger partial charge in [-0.1, -0.05) is 36.4 Å². The van der Waals surface area contributed by atoms with E-state index in [4.69, 9.17) is 4.74 Å². The molecule has 0 spiro atoms. The summed E-state index contributed by atoms with van der Waals surface area (Å²) in [6.45, 7) is 0.731. The molecule has 1 unspecified atom stereocenters. The first-order chi connectivity index (χ1) is 14.7. The zero-order valence-corrected chi connectivity index (χ0v) is 16.2. The Morgan fingerprint density at radius 3 is 2.70 bits per heavy atom. The molecule has 1 atom stereocenters. The topological polar surface area (TPSA) is 96.5 Å². The van der Waals surface area contributed by atoms with Gasteiger partial charge in [-0.2, -0.15) is 0 Å². The average molecular weight is 403 g/mol. The maximum Gasteiger partial charge on any atom is 0.414 e. The van der Waals surface area contributed by atoms with E-state index in [-0.39, 0.29) is 6.10 Å². The first-order valence-electron chi connectivity index (χ1n) is 9.60. The van der Waals surface area contributed by atoms with Crippen LogP contribution in [0.3, 0.4) is 0 Å². The van der Waals surface area contributed by atoms with Crippen molar-refractivity contribution in [3.63, 3.8) is 0 Å². The molecular weight excluding hydrogens is 382 g/mol. The summed E-state index contributed by atoms with van der Waals surface area (Å²) >= 11 is 0. The minimum Gasteiger partial charge on any atom is -0.444 e. The van der Waals surface area contributed by atoms with Crippen molar-refractivity contribution in [2.75, 3.05) is 16.8 Å².